The maximum Gasteiger partial charge on any atom is 0.233 e. The van der Waals surface area contributed by atoms with Crippen molar-refractivity contribution in [2.45, 2.75) is 58.8 Å². The lowest BCUT2D eigenvalue weighted by Gasteiger charge is -2.18. The number of amides is 2. The second-order valence-electron chi connectivity index (χ2n) is 7.57. The van der Waals surface area contributed by atoms with E-state index in [1.807, 2.05) is 0 Å². The third kappa shape index (κ3) is 2.75. The molecule has 122 valence electrons. The monoisotopic (exact) mass is 303 g/mol. The molecule has 22 heavy (non-hydrogen) atoms. The largest absolute Gasteiger partial charge is 0.282 e. The molecule has 0 spiro atoms. The zero-order valence-corrected chi connectivity index (χ0v) is 14.0. The van der Waals surface area contributed by atoms with Crippen LogP contribution in [-0.4, -0.2) is 23.3 Å². The third-order valence-electron chi connectivity index (χ3n) is 5.94. The number of rotatable bonds is 8. The normalized spacial score (nSPS) is 33.8. The summed E-state index contributed by atoms with van der Waals surface area (Å²) in [7, 11) is 0. The van der Waals surface area contributed by atoms with Gasteiger partial charge in [0, 0.05) is 6.54 Å². The van der Waals surface area contributed by atoms with Gasteiger partial charge in [-0.1, -0.05) is 51.7 Å². The van der Waals surface area contributed by atoms with Gasteiger partial charge in [-0.05, 0) is 37.0 Å². The first-order valence-electron chi connectivity index (χ1n) is 9.17. The van der Waals surface area contributed by atoms with Gasteiger partial charge in [0.1, 0.15) is 0 Å². The first-order valence-corrected chi connectivity index (χ1v) is 9.17. The molecule has 1 saturated carbocycles. The van der Waals surface area contributed by atoms with E-state index in [-0.39, 0.29) is 23.7 Å². The number of hydrogen-bond acceptors (Lipinski definition) is 2. The zero-order valence-electron chi connectivity index (χ0n) is 14.0. The van der Waals surface area contributed by atoms with Crippen molar-refractivity contribution in [1.82, 2.24) is 4.90 Å². The SMILES string of the molecule is CCCCCC(C)CCCN1C(=O)C2C3C=CC(C3)C2C1=O. The molecule has 1 aliphatic heterocycles. The Bertz CT molecular complexity index is 440. The Kier molecular flexibility index (Phi) is 4.70. The summed E-state index contributed by atoms with van der Waals surface area (Å²) in [5.74, 6) is 1.57. The van der Waals surface area contributed by atoms with Crippen LogP contribution in [-0.2, 0) is 9.59 Å². The average molecular weight is 303 g/mol. The number of imide groups is 1. The van der Waals surface area contributed by atoms with E-state index in [0.717, 1.165) is 19.3 Å². The number of nitrogens with zero attached hydrogens (tertiary/aromatic N) is 1. The van der Waals surface area contributed by atoms with Crippen molar-refractivity contribution in [3.05, 3.63) is 12.2 Å². The van der Waals surface area contributed by atoms with E-state index in [1.54, 1.807) is 4.90 Å². The molecule has 0 aromatic carbocycles. The van der Waals surface area contributed by atoms with Gasteiger partial charge >= 0.3 is 0 Å². The molecule has 5 unspecified atom stereocenters. The summed E-state index contributed by atoms with van der Waals surface area (Å²) < 4.78 is 0. The van der Waals surface area contributed by atoms with Gasteiger partial charge in [-0.3, -0.25) is 14.5 Å². The van der Waals surface area contributed by atoms with E-state index < -0.39 is 0 Å². The molecule has 0 aromatic heterocycles. The van der Waals surface area contributed by atoms with Gasteiger partial charge in [-0.2, -0.15) is 0 Å². The molecule has 3 nitrogen and oxygen atoms in total. The van der Waals surface area contributed by atoms with Crippen LogP contribution in [0.5, 0.6) is 0 Å². The summed E-state index contributed by atoms with van der Waals surface area (Å²) in [4.78, 5) is 26.7. The standard InChI is InChI=1S/C19H29NO2/c1-3-4-5-7-13(2)8-6-11-20-18(21)16-14-9-10-15(12-14)17(16)19(20)22/h9-10,13-17H,3-8,11-12H2,1-2H3. The Morgan fingerprint density at radius 2 is 1.64 bits per heavy atom. The molecule has 0 radical (unpaired) electrons. The Hall–Kier alpha value is -1.12. The minimum absolute atomic E-state index is 0.0236. The minimum atomic E-state index is -0.0236. The second-order valence-corrected chi connectivity index (χ2v) is 7.57. The van der Waals surface area contributed by atoms with E-state index in [2.05, 4.69) is 26.0 Å². The Labute approximate surface area is 134 Å². The quantitative estimate of drug-likeness (QED) is 0.389. The van der Waals surface area contributed by atoms with Crippen molar-refractivity contribution in [3.63, 3.8) is 0 Å². The zero-order chi connectivity index (χ0) is 15.7. The molecule has 2 amide bonds. The fourth-order valence-electron chi connectivity index (χ4n) is 4.67. The summed E-state index contributed by atoms with van der Waals surface area (Å²) in [6.07, 6.45) is 12.6. The fraction of sp³-hybridized carbons (Fsp3) is 0.789. The van der Waals surface area contributed by atoms with Crippen molar-refractivity contribution in [2.24, 2.45) is 29.6 Å². The van der Waals surface area contributed by atoms with Gasteiger partial charge < -0.3 is 0 Å². The molecule has 1 heterocycles. The highest BCUT2D eigenvalue weighted by Gasteiger charge is 2.58. The van der Waals surface area contributed by atoms with Gasteiger partial charge in [0.05, 0.1) is 11.8 Å². The van der Waals surface area contributed by atoms with Crippen LogP contribution in [0.4, 0.5) is 0 Å². The molecule has 0 N–H and O–H groups in total. The van der Waals surface area contributed by atoms with Crippen LogP contribution in [0, 0.1) is 29.6 Å². The van der Waals surface area contributed by atoms with Crippen molar-refractivity contribution < 1.29 is 9.59 Å². The van der Waals surface area contributed by atoms with Gasteiger partial charge in [-0.15, -0.1) is 0 Å². The van der Waals surface area contributed by atoms with Crippen LogP contribution >= 0.6 is 0 Å². The molecule has 1 saturated heterocycles. The molecular weight excluding hydrogens is 274 g/mol. The van der Waals surface area contributed by atoms with Crippen LogP contribution in [0.25, 0.3) is 0 Å². The van der Waals surface area contributed by atoms with Crippen molar-refractivity contribution >= 4 is 11.8 Å². The second kappa shape index (κ2) is 6.55. The van der Waals surface area contributed by atoms with Crippen LogP contribution in [0.3, 0.4) is 0 Å². The van der Waals surface area contributed by atoms with E-state index in [9.17, 15) is 9.59 Å². The molecule has 3 aliphatic rings. The van der Waals surface area contributed by atoms with Gasteiger partial charge in [0.2, 0.25) is 11.8 Å². The molecular formula is C19H29NO2. The van der Waals surface area contributed by atoms with Crippen molar-refractivity contribution in [3.8, 4) is 0 Å². The summed E-state index contributed by atoms with van der Waals surface area (Å²) in [5, 5.41) is 0. The van der Waals surface area contributed by atoms with E-state index >= 15 is 0 Å². The number of carbonyl (C=O) groups is 2. The third-order valence-corrected chi connectivity index (χ3v) is 5.94. The maximum atomic E-state index is 12.5. The highest BCUT2D eigenvalue weighted by atomic mass is 16.2. The highest BCUT2D eigenvalue weighted by molar-refractivity contribution is 6.06. The molecule has 5 atom stereocenters. The number of hydrogen-bond donors (Lipinski definition) is 0. The Morgan fingerprint density at radius 1 is 1.05 bits per heavy atom. The maximum absolute atomic E-state index is 12.5. The lowest BCUT2D eigenvalue weighted by Crippen LogP contribution is -2.34. The lowest BCUT2D eigenvalue weighted by molar-refractivity contribution is -0.140. The first-order chi connectivity index (χ1) is 10.6. The lowest BCUT2D eigenvalue weighted by atomic mass is 9.85. The molecule has 3 rings (SSSR count). The number of unbranched alkanes of at least 4 members (excludes halogenated alkanes) is 2. The Balaban J connectivity index is 1.46. The van der Waals surface area contributed by atoms with Crippen LogP contribution in [0.1, 0.15) is 58.8 Å². The van der Waals surface area contributed by atoms with Crippen LogP contribution in [0.2, 0.25) is 0 Å². The molecule has 2 bridgehead atoms. The predicted molar refractivity (Wildman–Crippen MR) is 87.0 cm³/mol. The topological polar surface area (TPSA) is 37.4 Å². The summed E-state index contributed by atoms with van der Waals surface area (Å²) in [6.45, 7) is 5.17. The van der Waals surface area contributed by atoms with Crippen molar-refractivity contribution in [2.75, 3.05) is 6.54 Å². The van der Waals surface area contributed by atoms with E-state index in [4.69, 9.17) is 0 Å². The summed E-state index contributed by atoms with van der Waals surface area (Å²) in [6, 6.07) is 0. The fourth-order valence-corrected chi connectivity index (χ4v) is 4.67. The van der Waals surface area contributed by atoms with E-state index in [1.165, 1.54) is 25.7 Å². The Morgan fingerprint density at radius 3 is 2.23 bits per heavy atom. The minimum Gasteiger partial charge on any atom is -0.282 e. The summed E-state index contributed by atoms with van der Waals surface area (Å²) >= 11 is 0. The van der Waals surface area contributed by atoms with Gasteiger partial charge in [0.25, 0.3) is 0 Å². The first kappa shape index (κ1) is 15.8. The van der Waals surface area contributed by atoms with Crippen molar-refractivity contribution in [1.29, 1.82) is 0 Å². The highest BCUT2D eigenvalue weighted by Crippen LogP contribution is 2.52. The molecule has 3 heteroatoms. The average Bonchev–Trinajstić information content (AvgIpc) is 3.16. The number of allylic oxidation sites excluding steroid dienone is 2. The molecule has 2 fully saturated rings. The van der Waals surface area contributed by atoms with E-state index in [0.29, 0.717) is 24.3 Å². The number of carbonyl (C=O) groups excluding carboxylic acids is 2. The number of fused-ring (bicyclic) bond motifs is 5. The summed E-state index contributed by atoms with van der Waals surface area (Å²) in [5.41, 5.74) is 0. The predicted octanol–water partition coefficient (Wildman–Crippen LogP) is 3.79. The smallest absolute Gasteiger partial charge is 0.233 e. The molecule has 2 aliphatic carbocycles. The van der Waals surface area contributed by atoms with Crippen LogP contribution in [0.15, 0.2) is 12.2 Å². The van der Waals surface area contributed by atoms with Gasteiger partial charge in [-0.25, -0.2) is 0 Å². The number of likely N-dealkylation sites (tertiary alicyclic amines) is 1. The van der Waals surface area contributed by atoms with Gasteiger partial charge in [0.15, 0.2) is 0 Å². The molecule has 0 aromatic rings. The van der Waals surface area contributed by atoms with Crippen LogP contribution < -0.4 is 0 Å².